The van der Waals surface area contributed by atoms with Gasteiger partial charge in [-0.25, -0.2) is 0 Å². The molecule has 0 atom stereocenters. The molecule has 0 bridgehead atoms. The summed E-state index contributed by atoms with van der Waals surface area (Å²) in [4.78, 5) is 0. The fraction of sp³-hybridized carbons (Fsp3) is 0. The molecule has 0 nitrogen and oxygen atoms in total. The maximum Gasteiger partial charge on any atom is 0 e. The summed E-state index contributed by atoms with van der Waals surface area (Å²) in [5.74, 6) is 0. The summed E-state index contributed by atoms with van der Waals surface area (Å²) < 4.78 is 0. The van der Waals surface area contributed by atoms with Gasteiger partial charge in [-0.2, -0.15) is 0 Å². The fourth-order valence-corrected chi connectivity index (χ4v) is 0. The van der Waals surface area contributed by atoms with Crippen LogP contribution in [0.15, 0.2) is 0 Å². The molecule has 0 aliphatic carbocycles. The average Bonchev–Trinajstić information content (AvgIpc) is 0. The molecular weight excluding hydrogens is 363 g/mol. The first-order valence-electron chi connectivity index (χ1n) is 0. The maximum absolute atomic E-state index is 0. The zero-order valence-electron chi connectivity index (χ0n) is 3.30. The van der Waals surface area contributed by atoms with Crippen LogP contribution in [0.3, 0.4) is 0 Å². The summed E-state index contributed by atoms with van der Waals surface area (Å²) in [7, 11) is 0. The topological polar surface area (TPSA) is 0 Å². The molecule has 8 heteroatoms. The van der Waals surface area contributed by atoms with Gasteiger partial charge in [-0.3, -0.25) is 28.2 Å². The maximum atomic E-state index is 0. The average molecular weight is 370 g/mol. The van der Waals surface area contributed by atoms with E-state index in [2.05, 4.69) is 0 Å². The second-order valence-corrected chi connectivity index (χ2v) is 0. The van der Waals surface area contributed by atoms with Crippen LogP contribution in [0.4, 0.5) is 28.2 Å². The van der Waals surface area contributed by atoms with E-state index in [1.54, 1.807) is 0 Å². The van der Waals surface area contributed by atoms with Crippen LogP contribution in [0.1, 0.15) is 0 Å². The molecule has 0 aromatic rings. The zero-order chi connectivity index (χ0) is 0. The van der Waals surface area contributed by atoms with Gasteiger partial charge in [0.15, 0.2) is 0 Å². The van der Waals surface area contributed by atoms with Crippen molar-refractivity contribution in [1.29, 1.82) is 0 Å². The Morgan fingerprint density at radius 3 is 0.375 bits per heavy atom. The molecule has 0 heterocycles. The minimum atomic E-state index is 0. The van der Waals surface area contributed by atoms with Crippen LogP contribution in [0.2, 0.25) is 0 Å². The van der Waals surface area contributed by atoms with E-state index in [1.807, 2.05) is 0 Å². The largest absolute Gasteiger partial charge is 0.269 e. The second-order valence-electron chi connectivity index (χ2n) is 0. The van der Waals surface area contributed by atoms with Gasteiger partial charge in [0.05, 0.1) is 0 Å². The molecule has 61 valence electrons. The normalized spacial score (nSPS) is 0. The van der Waals surface area contributed by atoms with Crippen molar-refractivity contribution in [2.45, 2.75) is 0 Å². The summed E-state index contributed by atoms with van der Waals surface area (Å²) in [6, 6.07) is 0. The van der Waals surface area contributed by atoms with Crippen molar-refractivity contribution in [3.63, 3.8) is 0 Å². The molecule has 3 radical (unpaired) electrons. The number of halogens is 7. The molecule has 8 heavy (non-hydrogen) atoms. The molecule has 0 aliphatic rings. The van der Waals surface area contributed by atoms with E-state index < -0.39 is 0 Å². The van der Waals surface area contributed by atoms with E-state index in [-0.39, 0.29) is 76.6 Å². The molecule has 0 aliphatic heterocycles. The van der Waals surface area contributed by atoms with E-state index in [4.69, 9.17) is 0 Å². The zero-order valence-corrected chi connectivity index (χ0v) is 8.19. The van der Waals surface area contributed by atoms with Gasteiger partial charge in [-0.1, -0.05) is 0 Å². The summed E-state index contributed by atoms with van der Waals surface area (Å²) in [5.41, 5.74) is 0. The summed E-state index contributed by atoms with van der Waals surface area (Å²) >= 11 is 0. The Hall–Kier alpha value is 1.13. The number of hydrogen-bond donors (Lipinski definition) is 0. The van der Waals surface area contributed by atoms with Gasteiger partial charge in [0.2, 0.25) is 0 Å². The fourth-order valence-electron chi connectivity index (χ4n) is 0. The number of hydrogen-bond acceptors (Lipinski definition) is 0. The Bertz CT molecular complexity index is 8.49. The SMILES string of the molecule is F.F.F.F.F.F.I.[Sb]. The third kappa shape index (κ3) is 210. The van der Waals surface area contributed by atoms with Crippen molar-refractivity contribution in [2.75, 3.05) is 0 Å². The van der Waals surface area contributed by atoms with Gasteiger partial charge in [0, 0.05) is 24.4 Å². The van der Waals surface area contributed by atoms with Crippen molar-refractivity contribution in [3.05, 3.63) is 0 Å². The Morgan fingerprint density at radius 2 is 0.375 bits per heavy atom. The van der Waals surface area contributed by atoms with Crippen molar-refractivity contribution >= 4 is 48.4 Å². The van der Waals surface area contributed by atoms with Crippen LogP contribution >= 0.6 is 24.0 Å². The molecule has 0 saturated heterocycles. The first kappa shape index (κ1) is 474. The third-order valence-electron chi connectivity index (χ3n) is 0. The summed E-state index contributed by atoms with van der Waals surface area (Å²) in [5, 5.41) is 0. The van der Waals surface area contributed by atoms with Crippen LogP contribution in [0.5, 0.6) is 0 Å². The van der Waals surface area contributed by atoms with Gasteiger partial charge >= 0.3 is 0 Å². The second kappa shape index (κ2) is 324. The Balaban J connectivity index is 0. The molecule has 0 saturated carbocycles. The molecule has 0 aromatic carbocycles. The molecular formula is H7F6ISb. The van der Waals surface area contributed by atoms with Crippen molar-refractivity contribution in [2.24, 2.45) is 0 Å². The summed E-state index contributed by atoms with van der Waals surface area (Å²) in [6.07, 6.45) is 0. The van der Waals surface area contributed by atoms with Crippen LogP contribution in [-0.2, 0) is 0 Å². The molecule has 0 fully saturated rings. The monoisotopic (exact) mass is 369 g/mol. The Labute approximate surface area is 76.5 Å². The van der Waals surface area contributed by atoms with E-state index in [0.29, 0.717) is 0 Å². The predicted octanol–water partition coefficient (Wildman–Crippen LogP) is 1.15. The van der Waals surface area contributed by atoms with Crippen LogP contribution < -0.4 is 0 Å². The van der Waals surface area contributed by atoms with Gasteiger partial charge in [0.25, 0.3) is 0 Å². The van der Waals surface area contributed by atoms with E-state index in [0.717, 1.165) is 0 Å². The van der Waals surface area contributed by atoms with E-state index in [9.17, 15) is 0 Å². The molecule has 0 aromatic heterocycles. The predicted molar refractivity (Wildman–Crippen MR) is 36.2 cm³/mol. The number of rotatable bonds is 0. The first-order chi connectivity index (χ1) is 0. The summed E-state index contributed by atoms with van der Waals surface area (Å²) in [6.45, 7) is 0. The molecule has 0 N–H and O–H groups in total. The van der Waals surface area contributed by atoms with Gasteiger partial charge in [0.1, 0.15) is 0 Å². The Morgan fingerprint density at radius 1 is 0.375 bits per heavy atom. The van der Waals surface area contributed by atoms with Crippen LogP contribution in [0.25, 0.3) is 0 Å². The standard InChI is InChI=1S/6FH.HI.Sb/h7*1H;. The van der Waals surface area contributed by atoms with E-state index >= 15 is 0 Å². The first-order valence-corrected chi connectivity index (χ1v) is 0. The quantitative estimate of drug-likeness (QED) is 0.341. The molecule has 0 unspecified atom stereocenters. The molecule has 0 spiro atoms. The molecule has 0 amide bonds. The van der Waals surface area contributed by atoms with Crippen molar-refractivity contribution in [1.82, 2.24) is 0 Å². The van der Waals surface area contributed by atoms with Crippen LogP contribution in [0, 0.1) is 0 Å². The minimum Gasteiger partial charge on any atom is -0.269 e. The van der Waals surface area contributed by atoms with Gasteiger partial charge in [-0.15, -0.1) is 24.0 Å². The minimum absolute atomic E-state index is 0. The van der Waals surface area contributed by atoms with Gasteiger partial charge in [-0.05, 0) is 0 Å². The smallest absolute Gasteiger partial charge is 0 e. The Kier molecular flexibility index (Phi) is 19200. The molecule has 0 rings (SSSR count). The third-order valence-corrected chi connectivity index (χ3v) is 0. The van der Waals surface area contributed by atoms with E-state index in [1.165, 1.54) is 0 Å². The van der Waals surface area contributed by atoms with Gasteiger partial charge < -0.3 is 0 Å². The van der Waals surface area contributed by atoms with Crippen molar-refractivity contribution < 1.29 is 28.2 Å². The van der Waals surface area contributed by atoms with Crippen LogP contribution in [-0.4, -0.2) is 24.4 Å². The van der Waals surface area contributed by atoms with Crippen molar-refractivity contribution in [3.8, 4) is 0 Å².